The fourth-order valence-corrected chi connectivity index (χ4v) is 2.10. The van der Waals surface area contributed by atoms with Crippen LogP contribution in [0.15, 0.2) is 24.3 Å². The van der Waals surface area contributed by atoms with Gasteiger partial charge in [-0.1, -0.05) is 19.1 Å². The molecule has 0 spiro atoms. The van der Waals surface area contributed by atoms with E-state index in [-0.39, 0.29) is 11.9 Å². The van der Waals surface area contributed by atoms with Gasteiger partial charge in [-0.2, -0.15) is 0 Å². The Kier molecular flexibility index (Phi) is 5.14. The molecule has 18 heavy (non-hydrogen) atoms. The first-order valence-electron chi connectivity index (χ1n) is 6.91. The van der Waals surface area contributed by atoms with E-state index in [2.05, 4.69) is 12.2 Å². The molecule has 1 aromatic rings. The van der Waals surface area contributed by atoms with E-state index in [1.54, 1.807) is 12.1 Å². The number of ether oxygens (including phenoxy) is 1. The molecule has 0 heterocycles. The molecule has 0 aromatic heterocycles. The smallest absolute Gasteiger partial charge is 0.123 e. The quantitative estimate of drug-likeness (QED) is 0.750. The second-order valence-corrected chi connectivity index (χ2v) is 4.94. The number of rotatable bonds is 7. The molecule has 2 rings (SSSR count). The predicted octanol–water partition coefficient (Wildman–Crippen LogP) is 3.44. The number of hydrogen-bond donors (Lipinski definition) is 1. The van der Waals surface area contributed by atoms with Crippen molar-refractivity contribution in [2.24, 2.45) is 0 Å². The first-order chi connectivity index (χ1) is 8.79. The maximum Gasteiger partial charge on any atom is 0.123 e. The van der Waals surface area contributed by atoms with Crippen LogP contribution in [0.5, 0.6) is 0 Å². The molecule has 1 saturated carbocycles. The zero-order valence-corrected chi connectivity index (χ0v) is 11.0. The van der Waals surface area contributed by atoms with Crippen LogP contribution in [0.4, 0.5) is 4.39 Å². The average Bonchev–Trinajstić information content (AvgIpc) is 2.31. The van der Waals surface area contributed by atoms with Crippen LogP contribution in [0, 0.1) is 5.82 Å². The molecule has 0 bridgehead atoms. The van der Waals surface area contributed by atoms with E-state index in [4.69, 9.17) is 4.74 Å². The van der Waals surface area contributed by atoms with Crippen LogP contribution >= 0.6 is 0 Å². The molecule has 1 N–H and O–H groups in total. The van der Waals surface area contributed by atoms with E-state index in [0.29, 0.717) is 6.10 Å². The fourth-order valence-electron chi connectivity index (χ4n) is 2.10. The minimum Gasteiger partial charge on any atom is -0.369 e. The van der Waals surface area contributed by atoms with E-state index in [9.17, 15) is 4.39 Å². The highest BCUT2D eigenvalue weighted by Crippen LogP contribution is 2.28. The summed E-state index contributed by atoms with van der Waals surface area (Å²) >= 11 is 0. The Morgan fingerprint density at radius 2 is 2.28 bits per heavy atom. The molecule has 1 atom stereocenters. The van der Waals surface area contributed by atoms with E-state index < -0.39 is 0 Å². The summed E-state index contributed by atoms with van der Waals surface area (Å²) in [6.45, 7) is 3.87. The van der Waals surface area contributed by atoms with Gasteiger partial charge in [0, 0.05) is 6.54 Å². The Bertz CT molecular complexity index is 365. The lowest BCUT2D eigenvalue weighted by molar-refractivity contribution is -0.0519. The Balaban J connectivity index is 1.97. The van der Waals surface area contributed by atoms with Crippen LogP contribution in [-0.2, 0) is 4.74 Å². The first kappa shape index (κ1) is 13.5. The van der Waals surface area contributed by atoms with Gasteiger partial charge < -0.3 is 10.1 Å². The Hall–Kier alpha value is -0.930. The number of halogens is 1. The van der Waals surface area contributed by atoms with Gasteiger partial charge in [0.25, 0.3) is 0 Å². The van der Waals surface area contributed by atoms with E-state index in [1.807, 2.05) is 6.07 Å². The molecular weight excluding hydrogens is 229 g/mol. The third-order valence-corrected chi connectivity index (χ3v) is 3.39. The van der Waals surface area contributed by atoms with E-state index in [1.165, 1.54) is 12.5 Å². The lowest BCUT2D eigenvalue weighted by Crippen LogP contribution is -2.30. The van der Waals surface area contributed by atoms with Crippen molar-refractivity contribution in [2.45, 2.75) is 44.8 Å². The molecule has 0 amide bonds. The zero-order chi connectivity index (χ0) is 12.8. The highest BCUT2D eigenvalue weighted by atomic mass is 19.1. The molecule has 3 heteroatoms. The van der Waals surface area contributed by atoms with Crippen molar-refractivity contribution in [1.29, 1.82) is 0 Å². The van der Waals surface area contributed by atoms with Crippen molar-refractivity contribution < 1.29 is 9.13 Å². The number of benzene rings is 1. The second kappa shape index (κ2) is 6.86. The summed E-state index contributed by atoms with van der Waals surface area (Å²) < 4.78 is 19.3. The van der Waals surface area contributed by atoms with Crippen molar-refractivity contribution in [3.8, 4) is 0 Å². The minimum absolute atomic E-state index is 0.0300. The van der Waals surface area contributed by atoms with E-state index in [0.717, 1.165) is 37.9 Å². The van der Waals surface area contributed by atoms with Gasteiger partial charge in [0.05, 0.1) is 12.2 Å². The van der Waals surface area contributed by atoms with Gasteiger partial charge in [0.2, 0.25) is 0 Å². The SMILES string of the molecule is CCCNCC(OC1CCC1)c1cccc(F)c1. The molecule has 100 valence electrons. The normalized spacial score (nSPS) is 17.4. The fraction of sp³-hybridized carbons (Fsp3) is 0.600. The van der Waals surface area contributed by atoms with Crippen LogP contribution in [0.3, 0.4) is 0 Å². The highest BCUT2D eigenvalue weighted by Gasteiger charge is 2.23. The average molecular weight is 251 g/mol. The molecule has 1 aliphatic rings. The van der Waals surface area contributed by atoms with Gasteiger partial charge in [-0.05, 0) is 49.9 Å². The van der Waals surface area contributed by atoms with Crippen molar-refractivity contribution >= 4 is 0 Å². The van der Waals surface area contributed by atoms with E-state index >= 15 is 0 Å². The monoisotopic (exact) mass is 251 g/mol. The largest absolute Gasteiger partial charge is 0.369 e. The Morgan fingerprint density at radius 3 is 2.89 bits per heavy atom. The van der Waals surface area contributed by atoms with Crippen LogP contribution in [0.2, 0.25) is 0 Å². The van der Waals surface area contributed by atoms with Crippen molar-refractivity contribution in [3.05, 3.63) is 35.6 Å². The van der Waals surface area contributed by atoms with Crippen LogP contribution < -0.4 is 5.32 Å². The maximum atomic E-state index is 13.3. The summed E-state index contributed by atoms with van der Waals surface area (Å²) in [5.41, 5.74) is 0.936. The molecule has 1 aromatic carbocycles. The van der Waals surface area contributed by atoms with Gasteiger partial charge >= 0.3 is 0 Å². The van der Waals surface area contributed by atoms with Crippen LogP contribution in [0.1, 0.15) is 44.3 Å². The minimum atomic E-state index is -0.190. The molecular formula is C15H22FNO. The maximum absolute atomic E-state index is 13.3. The number of hydrogen-bond acceptors (Lipinski definition) is 2. The predicted molar refractivity (Wildman–Crippen MR) is 71.0 cm³/mol. The summed E-state index contributed by atoms with van der Waals surface area (Å²) in [6, 6.07) is 6.75. The lowest BCUT2D eigenvalue weighted by atomic mass is 9.95. The Morgan fingerprint density at radius 1 is 1.44 bits per heavy atom. The summed E-state index contributed by atoms with van der Waals surface area (Å²) in [7, 11) is 0. The third kappa shape index (κ3) is 3.79. The molecule has 1 unspecified atom stereocenters. The van der Waals surface area contributed by atoms with Crippen LogP contribution in [-0.4, -0.2) is 19.2 Å². The van der Waals surface area contributed by atoms with Gasteiger partial charge in [0.15, 0.2) is 0 Å². The lowest BCUT2D eigenvalue weighted by Gasteiger charge is -2.31. The third-order valence-electron chi connectivity index (χ3n) is 3.39. The topological polar surface area (TPSA) is 21.3 Å². The molecule has 0 aliphatic heterocycles. The summed E-state index contributed by atoms with van der Waals surface area (Å²) in [4.78, 5) is 0. The molecule has 0 radical (unpaired) electrons. The highest BCUT2D eigenvalue weighted by molar-refractivity contribution is 5.19. The Labute approximate surface area is 109 Å². The van der Waals surface area contributed by atoms with Gasteiger partial charge in [-0.25, -0.2) is 4.39 Å². The number of nitrogens with one attached hydrogen (secondary N) is 1. The van der Waals surface area contributed by atoms with Crippen molar-refractivity contribution in [1.82, 2.24) is 5.32 Å². The first-order valence-corrected chi connectivity index (χ1v) is 6.91. The van der Waals surface area contributed by atoms with Gasteiger partial charge in [0.1, 0.15) is 5.82 Å². The van der Waals surface area contributed by atoms with Gasteiger partial charge in [-0.3, -0.25) is 0 Å². The van der Waals surface area contributed by atoms with Crippen LogP contribution in [0.25, 0.3) is 0 Å². The van der Waals surface area contributed by atoms with Crippen molar-refractivity contribution in [3.63, 3.8) is 0 Å². The second-order valence-electron chi connectivity index (χ2n) is 4.94. The zero-order valence-electron chi connectivity index (χ0n) is 11.0. The summed E-state index contributed by atoms with van der Waals surface area (Å²) in [6.07, 6.45) is 4.96. The molecule has 2 nitrogen and oxygen atoms in total. The summed E-state index contributed by atoms with van der Waals surface area (Å²) in [5, 5.41) is 3.36. The standard InChI is InChI=1S/C15H22FNO/c1-2-9-17-11-15(18-14-7-4-8-14)12-5-3-6-13(16)10-12/h3,5-6,10,14-15,17H,2,4,7-9,11H2,1H3. The molecule has 1 fully saturated rings. The van der Waals surface area contributed by atoms with Crippen molar-refractivity contribution in [2.75, 3.05) is 13.1 Å². The van der Waals surface area contributed by atoms with Gasteiger partial charge in [-0.15, -0.1) is 0 Å². The summed E-state index contributed by atoms with van der Waals surface area (Å²) in [5.74, 6) is -0.190. The molecule has 0 saturated heterocycles. The molecule has 1 aliphatic carbocycles.